The molecular formula is C20H32O2. The number of fused-ring (bicyclic) bond motifs is 3. The molecule has 0 aromatic carbocycles. The fourth-order valence-electron chi connectivity index (χ4n) is 5.91. The first-order valence-corrected chi connectivity index (χ1v) is 8.93. The zero-order valence-electron chi connectivity index (χ0n) is 14.4. The van der Waals surface area contributed by atoms with E-state index in [1.54, 1.807) is 0 Å². The van der Waals surface area contributed by atoms with Gasteiger partial charge >= 0.3 is 0 Å². The molecule has 0 saturated heterocycles. The summed E-state index contributed by atoms with van der Waals surface area (Å²) in [6.45, 7) is 11.1. The van der Waals surface area contributed by atoms with Crippen LogP contribution in [0.15, 0.2) is 24.3 Å². The van der Waals surface area contributed by atoms with Crippen LogP contribution in [0, 0.1) is 28.1 Å². The molecule has 2 fully saturated rings. The smallest absolute Gasteiger partial charge is 0.0756 e. The second-order valence-corrected chi connectivity index (χ2v) is 8.92. The Morgan fingerprint density at radius 3 is 2.64 bits per heavy atom. The highest BCUT2D eigenvalue weighted by Crippen LogP contribution is 2.63. The Morgan fingerprint density at radius 2 is 2.00 bits per heavy atom. The van der Waals surface area contributed by atoms with E-state index >= 15 is 0 Å². The molecule has 0 amide bonds. The van der Waals surface area contributed by atoms with Crippen LogP contribution in [-0.2, 0) is 0 Å². The van der Waals surface area contributed by atoms with E-state index in [0.29, 0.717) is 11.8 Å². The molecule has 6 atom stereocenters. The van der Waals surface area contributed by atoms with Gasteiger partial charge in [0.05, 0.1) is 6.10 Å². The van der Waals surface area contributed by atoms with Crippen molar-refractivity contribution < 1.29 is 10.2 Å². The van der Waals surface area contributed by atoms with Crippen LogP contribution < -0.4 is 0 Å². The molecule has 0 unspecified atom stereocenters. The molecule has 124 valence electrons. The molecule has 2 heteroatoms. The van der Waals surface area contributed by atoms with Crippen LogP contribution >= 0.6 is 0 Å². The van der Waals surface area contributed by atoms with Gasteiger partial charge in [0.1, 0.15) is 0 Å². The summed E-state index contributed by atoms with van der Waals surface area (Å²) in [5.74, 6) is 0.893. The minimum Gasteiger partial charge on any atom is -0.396 e. The minimum absolute atomic E-state index is 0.0291. The SMILES string of the molecule is C=C[C@@]1(C)C=C2[C@@H](CC1)[C@]1(C)CCC[C@](C)(CO)[C@H]1C[C@@H]2O. The molecule has 22 heavy (non-hydrogen) atoms. The number of hydrogen-bond acceptors (Lipinski definition) is 2. The minimum atomic E-state index is -0.341. The van der Waals surface area contributed by atoms with Gasteiger partial charge in [-0.1, -0.05) is 39.3 Å². The number of rotatable bonds is 2. The van der Waals surface area contributed by atoms with Gasteiger partial charge in [0.2, 0.25) is 0 Å². The lowest BCUT2D eigenvalue weighted by Crippen LogP contribution is -2.55. The van der Waals surface area contributed by atoms with Crippen LogP contribution in [0.1, 0.15) is 59.3 Å². The molecule has 3 rings (SSSR count). The number of allylic oxidation sites excluding steroid dienone is 2. The maximum atomic E-state index is 10.8. The predicted molar refractivity (Wildman–Crippen MR) is 90.4 cm³/mol. The summed E-state index contributed by atoms with van der Waals surface area (Å²) >= 11 is 0. The van der Waals surface area contributed by atoms with Gasteiger partial charge in [-0.15, -0.1) is 6.58 Å². The molecular weight excluding hydrogens is 272 g/mol. The van der Waals surface area contributed by atoms with Crippen LogP contribution in [0.5, 0.6) is 0 Å². The van der Waals surface area contributed by atoms with E-state index < -0.39 is 0 Å². The molecule has 0 aliphatic heterocycles. The van der Waals surface area contributed by atoms with E-state index in [4.69, 9.17) is 0 Å². The standard InChI is InChI=1S/C20H32O2/c1-5-18(2)10-7-15-14(12-18)16(22)11-17-19(3,13-21)8-6-9-20(15,17)4/h5,12,15-17,21-22H,1,6-11,13H2,2-4H3/t15-,16+,17-,18-,19-,20+/m1/s1. The quantitative estimate of drug-likeness (QED) is 0.755. The lowest BCUT2D eigenvalue weighted by molar-refractivity contribution is -0.112. The molecule has 0 aromatic rings. The van der Waals surface area contributed by atoms with Crippen LogP contribution in [0.3, 0.4) is 0 Å². The summed E-state index contributed by atoms with van der Waals surface area (Å²) in [6.07, 6.45) is 10.6. The topological polar surface area (TPSA) is 40.5 Å². The number of hydrogen-bond donors (Lipinski definition) is 2. The molecule has 0 radical (unpaired) electrons. The highest BCUT2D eigenvalue weighted by atomic mass is 16.3. The van der Waals surface area contributed by atoms with Crippen molar-refractivity contribution in [1.82, 2.24) is 0 Å². The molecule has 0 bridgehead atoms. The fraction of sp³-hybridized carbons (Fsp3) is 0.800. The van der Waals surface area contributed by atoms with E-state index in [1.165, 1.54) is 18.4 Å². The highest BCUT2D eigenvalue weighted by Gasteiger charge is 2.57. The van der Waals surface area contributed by atoms with E-state index in [2.05, 4.69) is 33.4 Å². The van der Waals surface area contributed by atoms with Gasteiger partial charge in [-0.3, -0.25) is 0 Å². The van der Waals surface area contributed by atoms with Crippen LogP contribution in [-0.4, -0.2) is 22.9 Å². The Balaban J connectivity index is 2.02. The van der Waals surface area contributed by atoms with Crippen molar-refractivity contribution in [2.75, 3.05) is 6.61 Å². The van der Waals surface area contributed by atoms with Gasteiger partial charge in [-0.2, -0.15) is 0 Å². The van der Waals surface area contributed by atoms with Gasteiger partial charge < -0.3 is 10.2 Å². The third-order valence-corrected chi connectivity index (χ3v) is 7.44. The molecule has 0 spiro atoms. The summed E-state index contributed by atoms with van der Waals surface area (Å²) in [5, 5.41) is 20.8. The van der Waals surface area contributed by atoms with Gasteiger partial charge in [0, 0.05) is 12.0 Å². The van der Waals surface area contributed by atoms with Crippen molar-refractivity contribution in [2.45, 2.75) is 65.4 Å². The lowest BCUT2D eigenvalue weighted by atomic mass is 9.45. The van der Waals surface area contributed by atoms with E-state index in [0.717, 1.165) is 25.7 Å². The Labute approximate surface area is 135 Å². The normalized spacial score (nSPS) is 51.5. The van der Waals surface area contributed by atoms with Crippen LogP contribution in [0.25, 0.3) is 0 Å². The maximum absolute atomic E-state index is 10.8. The third-order valence-electron chi connectivity index (χ3n) is 7.44. The van der Waals surface area contributed by atoms with Crippen LogP contribution in [0.4, 0.5) is 0 Å². The summed E-state index contributed by atoms with van der Waals surface area (Å²) in [4.78, 5) is 0. The van der Waals surface area contributed by atoms with E-state index in [1.807, 2.05) is 6.08 Å². The molecule has 3 aliphatic carbocycles. The van der Waals surface area contributed by atoms with Crippen LogP contribution in [0.2, 0.25) is 0 Å². The third kappa shape index (κ3) is 2.22. The molecule has 2 saturated carbocycles. The van der Waals surface area contributed by atoms with Gasteiger partial charge in [-0.05, 0) is 60.3 Å². The van der Waals surface area contributed by atoms with Crippen molar-refractivity contribution in [2.24, 2.45) is 28.1 Å². The average Bonchev–Trinajstić information content (AvgIpc) is 2.50. The monoisotopic (exact) mass is 304 g/mol. The van der Waals surface area contributed by atoms with E-state index in [9.17, 15) is 10.2 Å². The lowest BCUT2D eigenvalue weighted by Gasteiger charge is -2.61. The van der Waals surface area contributed by atoms with Crippen molar-refractivity contribution >= 4 is 0 Å². The van der Waals surface area contributed by atoms with Crippen molar-refractivity contribution in [3.63, 3.8) is 0 Å². The summed E-state index contributed by atoms with van der Waals surface area (Å²) in [5.41, 5.74) is 1.49. The Hall–Kier alpha value is -0.600. The highest BCUT2D eigenvalue weighted by molar-refractivity contribution is 5.29. The Bertz CT molecular complexity index is 496. The summed E-state index contributed by atoms with van der Waals surface area (Å²) in [6, 6.07) is 0. The zero-order chi connectivity index (χ0) is 16.2. The van der Waals surface area contributed by atoms with Gasteiger partial charge in [0.25, 0.3) is 0 Å². The molecule has 0 heterocycles. The second kappa shape index (κ2) is 5.21. The fourth-order valence-corrected chi connectivity index (χ4v) is 5.91. The zero-order valence-corrected chi connectivity index (χ0v) is 14.4. The number of aliphatic hydroxyl groups excluding tert-OH is 2. The van der Waals surface area contributed by atoms with Gasteiger partial charge in [0.15, 0.2) is 0 Å². The summed E-state index contributed by atoms with van der Waals surface area (Å²) < 4.78 is 0. The molecule has 3 aliphatic rings. The maximum Gasteiger partial charge on any atom is 0.0756 e. The summed E-state index contributed by atoms with van der Waals surface area (Å²) in [7, 11) is 0. The molecule has 2 N–H and O–H groups in total. The average molecular weight is 304 g/mol. The largest absolute Gasteiger partial charge is 0.396 e. The molecule has 0 aromatic heterocycles. The van der Waals surface area contributed by atoms with Crippen molar-refractivity contribution in [3.8, 4) is 0 Å². The second-order valence-electron chi connectivity index (χ2n) is 8.92. The first kappa shape index (κ1) is 16.3. The van der Waals surface area contributed by atoms with Crippen molar-refractivity contribution in [1.29, 1.82) is 0 Å². The Kier molecular flexibility index (Phi) is 3.85. The first-order chi connectivity index (χ1) is 10.3. The van der Waals surface area contributed by atoms with Gasteiger partial charge in [-0.25, -0.2) is 0 Å². The first-order valence-electron chi connectivity index (χ1n) is 8.93. The molecule has 2 nitrogen and oxygen atoms in total. The van der Waals surface area contributed by atoms with E-state index in [-0.39, 0.29) is 29.0 Å². The number of aliphatic hydroxyl groups is 2. The Morgan fingerprint density at radius 1 is 1.27 bits per heavy atom. The van der Waals surface area contributed by atoms with Crippen molar-refractivity contribution in [3.05, 3.63) is 24.3 Å². The predicted octanol–water partition coefficient (Wildman–Crippen LogP) is 4.08.